The van der Waals surface area contributed by atoms with Crippen LogP contribution in [-0.2, 0) is 10.2 Å². The lowest BCUT2D eigenvalue weighted by Gasteiger charge is -2.27. The fraction of sp³-hybridized carbons (Fsp3) is 0.500. The average Bonchev–Trinajstić information content (AvgIpc) is 2.70. The first-order valence-corrected chi connectivity index (χ1v) is 7.68. The van der Waals surface area contributed by atoms with Gasteiger partial charge in [-0.05, 0) is 36.6 Å². The van der Waals surface area contributed by atoms with E-state index in [9.17, 15) is 10.1 Å². The average molecular weight is 335 g/mol. The normalized spacial score (nSPS) is 22.2. The van der Waals surface area contributed by atoms with Crippen molar-refractivity contribution in [2.24, 2.45) is 5.92 Å². The quantitative estimate of drug-likeness (QED) is 0.838. The lowest BCUT2D eigenvalue weighted by atomic mass is 9.76. The maximum absolute atomic E-state index is 11.9. The number of fused-ring (bicyclic) bond motifs is 1. The van der Waals surface area contributed by atoms with Crippen molar-refractivity contribution in [1.82, 2.24) is 0 Å². The molecule has 1 amide bonds. The molecule has 0 aromatic heterocycles. The highest BCUT2D eigenvalue weighted by atomic mass is 79.9. The third-order valence-electron chi connectivity index (χ3n) is 4.16. The fourth-order valence-electron chi connectivity index (χ4n) is 3.03. The number of nitrogens with zero attached hydrogens (tertiary/aromatic N) is 2. The van der Waals surface area contributed by atoms with Crippen LogP contribution in [0.2, 0.25) is 0 Å². The van der Waals surface area contributed by atoms with Gasteiger partial charge in [0, 0.05) is 35.0 Å². The molecule has 0 radical (unpaired) electrons. The summed E-state index contributed by atoms with van der Waals surface area (Å²) < 4.78 is 1.01. The van der Waals surface area contributed by atoms with Crippen molar-refractivity contribution >= 4 is 27.5 Å². The van der Waals surface area contributed by atoms with E-state index >= 15 is 0 Å². The van der Waals surface area contributed by atoms with Crippen LogP contribution < -0.4 is 4.90 Å². The summed E-state index contributed by atoms with van der Waals surface area (Å²) in [4.78, 5) is 13.7. The number of benzene rings is 1. The third kappa shape index (κ3) is 2.60. The first kappa shape index (κ1) is 15.1. The molecule has 0 fully saturated rings. The van der Waals surface area contributed by atoms with Crippen LogP contribution >= 0.6 is 15.9 Å². The Labute approximate surface area is 128 Å². The highest BCUT2D eigenvalue weighted by Crippen LogP contribution is 2.45. The smallest absolute Gasteiger partial charge is 0.223 e. The number of hydrogen-bond donors (Lipinski definition) is 0. The van der Waals surface area contributed by atoms with E-state index in [-0.39, 0.29) is 17.2 Å². The first-order valence-electron chi connectivity index (χ1n) is 6.89. The lowest BCUT2D eigenvalue weighted by Crippen LogP contribution is -2.35. The number of nitriles is 1. The number of carbonyl (C=O) groups excluding carboxylic acids is 1. The molecule has 2 atom stereocenters. The minimum absolute atomic E-state index is 0.0266. The van der Waals surface area contributed by atoms with Crippen LogP contribution in [0, 0.1) is 17.2 Å². The molecule has 0 aliphatic carbocycles. The van der Waals surface area contributed by atoms with E-state index in [1.165, 1.54) is 0 Å². The minimum atomic E-state index is -0.152. The maximum Gasteiger partial charge on any atom is 0.223 e. The molecular weight excluding hydrogens is 316 g/mol. The standard InChI is InChI=1S/C16H19BrN2O/c1-4-12(9-18)8-16(3)10-19(11(2)20)15-6-5-13(17)7-14(15)16/h5-7,12H,4,8,10H2,1-3H3. The topological polar surface area (TPSA) is 44.1 Å². The van der Waals surface area contributed by atoms with E-state index in [4.69, 9.17) is 0 Å². The van der Waals surface area contributed by atoms with E-state index < -0.39 is 0 Å². The lowest BCUT2D eigenvalue weighted by molar-refractivity contribution is -0.116. The SMILES string of the molecule is CCC(C#N)CC1(C)CN(C(C)=O)c2ccc(Br)cc21. The molecule has 0 spiro atoms. The number of halogens is 1. The Kier molecular flexibility index (Phi) is 4.19. The molecule has 0 saturated carbocycles. The highest BCUT2D eigenvalue weighted by molar-refractivity contribution is 9.10. The molecule has 1 heterocycles. The molecule has 0 saturated heterocycles. The summed E-state index contributed by atoms with van der Waals surface area (Å²) in [7, 11) is 0. The Morgan fingerprint density at radius 3 is 2.85 bits per heavy atom. The summed E-state index contributed by atoms with van der Waals surface area (Å²) in [5.74, 6) is 0.0843. The monoisotopic (exact) mass is 334 g/mol. The van der Waals surface area contributed by atoms with Crippen molar-refractivity contribution in [3.63, 3.8) is 0 Å². The Balaban J connectivity index is 2.45. The number of rotatable bonds is 3. The van der Waals surface area contributed by atoms with Crippen molar-refractivity contribution in [3.05, 3.63) is 28.2 Å². The van der Waals surface area contributed by atoms with Crippen molar-refractivity contribution in [2.45, 2.75) is 39.0 Å². The van der Waals surface area contributed by atoms with Gasteiger partial charge in [-0.15, -0.1) is 0 Å². The van der Waals surface area contributed by atoms with Crippen LogP contribution in [0.25, 0.3) is 0 Å². The number of anilines is 1. The van der Waals surface area contributed by atoms with Gasteiger partial charge < -0.3 is 4.90 Å². The van der Waals surface area contributed by atoms with Crippen LogP contribution in [0.4, 0.5) is 5.69 Å². The van der Waals surface area contributed by atoms with Gasteiger partial charge in [-0.25, -0.2) is 0 Å². The second-order valence-corrected chi connectivity index (χ2v) is 6.68. The van der Waals surface area contributed by atoms with Crippen LogP contribution in [0.3, 0.4) is 0 Å². The van der Waals surface area contributed by atoms with Crippen LogP contribution in [0.15, 0.2) is 22.7 Å². The van der Waals surface area contributed by atoms with Gasteiger partial charge in [0.2, 0.25) is 5.91 Å². The summed E-state index contributed by atoms with van der Waals surface area (Å²) in [5, 5.41) is 9.24. The van der Waals surface area contributed by atoms with Crippen LogP contribution in [0.1, 0.15) is 39.2 Å². The fourth-order valence-corrected chi connectivity index (χ4v) is 3.39. The van der Waals surface area contributed by atoms with Gasteiger partial charge in [0.1, 0.15) is 0 Å². The predicted octanol–water partition coefficient (Wildman–Crippen LogP) is 4.01. The van der Waals surface area contributed by atoms with Gasteiger partial charge >= 0.3 is 0 Å². The molecule has 1 aliphatic heterocycles. The predicted molar refractivity (Wildman–Crippen MR) is 83.5 cm³/mol. The zero-order valence-electron chi connectivity index (χ0n) is 12.1. The molecule has 0 N–H and O–H groups in total. The highest BCUT2D eigenvalue weighted by Gasteiger charge is 2.41. The third-order valence-corrected chi connectivity index (χ3v) is 4.65. The number of carbonyl (C=O) groups is 1. The Bertz CT molecular complexity index is 578. The largest absolute Gasteiger partial charge is 0.311 e. The molecule has 0 bridgehead atoms. The molecule has 20 heavy (non-hydrogen) atoms. The van der Waals surface area contributed by atoms with Gasteiger partial charge in [-0.1, -0.05) is 29.8 Å². The summed E-state index contributed by atoms with van der Waals surface area (Å²) in [6.07, 6.45) is 1.63. The van der Waals surface area contributed by atoms with Crippen molar-refractivity contribution in [2.75, 3.05) is 11.4 Å². The molecule has 1 aliphatic rings. The molecule has 1 aromatic carbocycles. The van der Waals surface area contributed by atoms with Crippen LogP contribution in [-0.4, -0.2) is 12.5 Å². The Morgan fingerprint density at radius 1 is 1.60 bits per heavy atom. The van der Waals surface area contributed by atoms with E-state index in [1.807, 2.05) is 24.0 Å². The molecule has 3 nitrogen and oxygen atoms in total. The van der Waals surface area contributed by atoms with Crippen molar-refractivity contribution in [1.29, 1.82) is 5.26 Å². The van der Waals surface area contributed by atoms with E-state index in [0.29, 0.717) is 6.54 Å². The van der Waals surface area contributed by atoms with E-state index in [0.717, 1.165) is 28.6 Å². The summed E-state index contributed by atoms with van der Waals surface area (Å²) >= 11 is 3.51. The Hall–Kier alpha value is -1.34. The van der Waals surface area contributed by atoms with E-state index in [2.05, 4.69) is 35.0 Å². The first-order chi connectivity index (χ1) is 9.41. The summed E-state index contributed by atoms with van der Waals surface area (Å²) in [6.45, 7) is 6.45. The summed E-state index contributed by atoms with van der Waals surface area (Å²) in [6, 6.07) is 8.41. The van der Waals surface area contributed by atoms with Gasteiger partial charge in [-0.2, -0.15) is 5.26 Å². The molecule has 106 valence electrons. The second kappa shape index (κ2) is 5.57. The molecule has 2 rings (SSSR count). The zero-order chi connectivity index (χ0) is 14.9. The Morgan fingerprint density at radius 2 is 2.30 bits per heavy atom. The maximum atomic E-state index is 11.9. The zero-order valence-corrected chi connectivity index (χ0v) is 13.7. The number of amides is 1. The molecule has 4 heteroatoms. The molecular formula is C16H19BrN2O. The second-order valence-electron chi connectivity index (χ2n) is 5.77. The minimum Gasteiger partial charge on any atom is -0.311 e. The molecule has 2 unspecified atom stereocenters. The number of hydrogen-bond acceptors (Lipinski definition) is 2. The van der Waals surface area contributed by atoms with Crippen molar-refractivity contribution in [3.8, 4) is 6.07 Å². The van der Waals surface area contributed by atoms with Crippen LogP contribution in [0.5, 0.6) is 0 Å². The van der Waals surface area contributed by atoms with Crippen molar-refractivity contribution < 1.29 is 4.79 Å². The van der Waals surface area contributed by atoms with Gasteiger partial charge in [0.25, 0.3) is 0 Å². The van der Waals surface area contributed by atoms with Gasteiger partial charge in [-0.3, -0.25) is 4.79 Å². The van der Waals surface area contributed by atoms with E-state index in [1.54, 1.807) is 6.92 Å². The molecule has 1 aromatic rings. The van der Waals surface area contributed by atoms with Gasteiger partial charge in [0.15, 0.2) is 0 Å². The van der Waals surface area contributed by atoms with Gasteiger partial charge in [0.05, 0.1) is 6.07 Å². The summed E-state index contributed by atoms with van der Waals surface area (Å²) in [5.41, 5.74) is 1.99.